The van der Waals surface area contributed by atoms with Crippen LogP contribution in [0.3, 0.4) is 0 Å². The Morgan fingerprint density at radius 3 is 2.58 bits per heavy atom. The second-order valence-electron chi connectivity index (χ2n) is 7.54. The summed E-state index contributed by atoms with van der Waals surface area (Å²) in [4.78, 5) is 46.8. The Balaban J connectivity index is 1.69. The molecular formula is C22H26FN5O3. The summed E-state index contributed by atoms with van der Waals surface area (Å²) in [7, 11) is 0. The Morgan fingerprint density at radius 1 is 1.16 bits per heavy atom. The molecule has 8 nitrogen and oxygen atoms in total. The lowest BCUT2D eigenvalue weighted by molar-refractivity contribution is -0.136. The molecule has 0 radical (unpaired) electrons. The maximum atomic E-state index is 13.0. The largest absolute Gasteiger partial charge is 0.348 e. The Bertz CT molecular complexity index is 964. The summed E-state index contributed by atoms with van der Waals surface area (Å²) in [6, 6.07) is 5.61. The average Bonchev–Trinajstić information content (AvgIpc) is 2.76. The highest BCUT2D eigenvalue weighted by molar-refractivity contribution is 5.94. The number of carbonyl (C=O) groups excluding carboxylic acids is 3. The molecule has 0 spiro atoms. The second-order valence-corrected chi connectivity index (χ2v) is 7.54. The second kappa shape index (κ2) is 10.1. The fraction of sp³-hybridized carbons (Fsp3) is 0.409. The summed E-state index contributed by atoms with van der Waals surface area (Å²) >= 11 is 0. The van der Waals surface area contributed by atoms with Crippen molar-refractivity contribution in [2.75, 3.05) is 13.1 Å². The lowest BCUT2D eigenvalue weighted by atomic mass is 10.0. The molecule has 1 unspecified atom stereocenters. The molecule has 1 fully saturated rings. The minimum atomic E-state index is -0.331. The molecule has 3 rings (SSSR count). The molecule has 1 aliphatic rings. The molecule has 1 aromatic carbocycles. The number of benzene rings is 1. The number of rotatable bonds is 6. The molecule has 0 bridgehead atoms. The number of carbonyl (C=O) groups is 3. The van der Waals surface area contributed by atoms with Gasteiger partial charge in [-0.2, -0.15) is 0 Å². The standard InChI is InChI=1S/C22H26FN5O3/c1-14-18(22(31)26-11-16-6-8-17(23)9-7-16)12-25-21(27-14)19-5-3-4-10-28(19)20(30)13-24-15(2)29/h6-9,12,19H,3-5,10-11,13H2,1-2H3,(H,24,29)(H,26,31). The van der Waals surface area contributed by atoms with Gasteiger partial charge in [-0.25, -0.2) is 14.4 Å². The first-order valence-electron chi connectivity index (χ1n) is 10.2. The molecule has 2 aromatic rings. The Morgan fingerprint density at radius 2 is 1.90 bits per heavy atom. The first-order chi connectivity index (χ1) is 14.8. The van der Waals surface area contributed by atoms with Crippen molar-refractivity contribution in [2.45, 2.75) is 45.7 Å². The number of nitrogens with zero attached hydrogens (tertiary/aromatic N) is 3. The van der Waals surface area contributed by atoms with Crippen molar-refractivity contribution in [3.05, 3.63) is 58.9 Å². The highest BCUT2D eigenvalue weighted by Gasteiger charge is 2.30. The predicted molar refractivity (Wildman–Crippen MR) is 111 cm³/mol. The monoisotopic (exact) mass is 427 g/mol. The van der Waals surface area contributed by atoms with Crippen LogP contribution < -0.4 is 10.6 Å². The first kappa shape index (κ1) is 22.3. The van der Waals surface area contributed by atoms with Gasteiger partial charge in [-0.05, 0) is 43.9 Å². The van der Waals surface area contributed by atoms with Crippen molar-refractivity contribution < 1.29 is 18.8 Å². The van der Waals surface area contributed by atoms with Gasteiger partial charge in [-0.15, -0.1) is 0 Å². The molecule has 1 saturated heterocycles. The minimum Gasteiger partial charge on any atom is -0.348 e. The lowest BCUT2D eigenvalue weighted by Crippen LogP contribution is -2.44. The van der Waals surface area contributed by atoms with E-state index < -0.39 is 0 Å². The summed E-state index contributed by atoms with van der Waals surface area (Å²) in [5, 5.41) is 5.32. The zero-order chi connectivity index (χ0) is 22.4. The molecule has 9 heteroatoms. The molecule has 3 amide bonds. The molecule has 1 atom stereocenters. The molecule has 164 valence electrons. The molecule has 2 N–H and O–H groups in total. The van der Waals surface area contributed by atoms with Crippen LogP contribution in [0.15, 0.2) is 30.5 Å². The van der Waals surface area contributed by atoms with E-state index in [9.17, 15) is 18.8 Å². The van der Waals surface area contributed by atoms with Crippen molar-refractivity contribution in [1.29, 1.82) is 0 Å². The van der Waals surface area contributed by atoms with E-state index in [1.54, 1.807) is 24.0 Å². The SMILES string of the molecule is CC(=O)NCC(=O)N1CCCCC1c1ncc(C(=O)NCc2ccc(F)cc2)c(C)n1. The van der Waals surface area contributed by atoms with Gasteiger partial charge in [0, 0.05) is 26.2 Å². The molecule has 2 heterocycles. The van der Waals surface area contributed by atoms with Crippen molar-refractivity contribution in [3.8, 4) is 0 Å². The van der Waals surface area contributed by atoms with E-state index in [0.29, 0.717) is 23.6 Å². The fourth-order valence-electron chi connectivity index (χ4n) is 3.55. The van der Waals surface area contributed by atoms with E-state index in [2.05, 4.69) is 20.6 Å². The number of nitrogens with one attached hydrogen (secondary N) is 2. The molecule has 0 aliphatic carbocycles. The van der Waals surface area contributed by atoms with Gasteiger partial charge in [-0.1, -0.05) is 12.1 Å². The van der Waals surface area contributed by atoms with Gasteiger partial charge in [-0.3, -0.25) is 14.4 Å². The van der Waals surface area contributed by atoms with Crippen LogP contribution in [0.25, 0.3) is 0 Å². The number of aromatic nitrogens is 2. The summed E-state index contributed by atoms with van der Waals surface area (Å²) in [6.07, 6.45) is 4.02. The minimum absolute atomic E-state index is 0.0608. The number of aryl methyl sites for hydroxylation is 1. The quantitative estimate of drug-likeness (QED) is 0.734. The number of likely N-dealkylation sites (tertiary alicyclic amines) is 1. The van der Waals surface area contributed by atoms with Crippen molar-refractivity contribution in [1.82, 2.24) is 25.5 Å². The Kier molecular flexibility index (Phi) is 7.28. The van der Waals surface area contributed by atoms with Crippen LogP contribution >= 0.6 is 0 Å². The van der Waals surface area contributed by atoms with Crippen LogP contribution in [0.2, 0.25) is 0 Å². The zero-order valence-electron chi connectivity index (χ0n) is 17.7. The summed E-state index contributed by atoms with van der Waals surface area (Å²) in [5.41, 5.74) is 1.64. The van der Waals surface area contributed by atoms with E-state index in [-0.39, 0.29) is 42.7 Å². The van der Waals surface area contributed by atoms with E-state index in [0.717, 1.165) is 24.8 Å². The summed E-state index contributed by atoms with van der Waals surface area (Å²) < 4.78 is 13.0. The van der Waals surface area contributed by atoms with E-state index in [4.69, 9.17) is 0 Å². The van der Waals surface area contributed by atoms with Crippen LogP contribution in [-0.4, -0.2) is 45.7 Å². The maximum Gasteiger partial charge on any atom is 0.254 e. The number of halogens is 1. The van der Waals surface area contributed by atoms with Gasteiger partial charge in [0.1, 0.15) is 5.82 Å². The van der Waals surface area contributed by atoms with Crippen LogP contribution in [0.5, 0.6) is 0 Å². The van der Waals surface area contributed by atoms with Crippen LogP contribution in [0, 0.1) is 12.7 Å². The van der Waals surface area contributed by atoms with Crippen LogP contribution in [0.1, 0.15) is 59.7 Å². The van der Waals surface area contributed by atoms with Crippen LogP contribution in [-0.2, 0) is 16.1 Å². The van der Waals surface area contributed by atoms with Gasteiger partial charge >= 0.3 is 0 Å². The van der Waals surface area contributed by atoms with Gasteiger partial charge in [0.15, 0.2) is 5.82 Å². The average molecular weight is 427 g/mol. The Hall–Kier alpha value is -3.36. The fourth-order valence-corrected chi connectivity index (χ4v) is 3.55. The number of piperidine rings is 1. The number of hydrogen-bond acceptors (Lipinski definition) is 5. The van der Waals surface area contributed by atoms with Gasteiger partial charge < -0.3 is 15.5 Å². The molecule has 0 saturated carbocycles. The predicted octanol–water partition coefficient (Wildman–Crippen LogP) is 2.04. The van der Waals surface area contributed by atoms with Crippen LogP contribution in [0.4, 0.5) is 4.39 Å². The molecule has 31 heavy (non-hydrogen) atoms. The maximum absolute atomic E-state index is 13.0. The normalized spacial score (nSPS) is 16.0. The molecule has 1 aromatic heterocycles. The summed E-state index contributed by atoms with van der Waals surface area (Å²) in [6.45, 7) is 3.87. The van der Waals surface area contributed by atoms with E-state index in [1.165, 1.54) is 25.3 Å². The first-order valence-corrected chi connectivity index (χ1v) is 10.2. The zero-order valence-corrected chi connectivity index (χ0v) is 17.7. The van der Waals surface area contributed by atoms with Gasteiger partial charge in [0.25, 0.3) is 5.91 Å². The van der Waals surface area contributed by atoms with Crippen molar-refractivity contribution >= 4 is 17.7 Å². The van der Waals surface area contributed by atoms with Crippen molar-refractivity contribution in [3.63, 3.8) is 0 Å². The Labute approximate surface area is 180 Å². The highest BCUT2D eigenvalue weighted by atomic mass is 19.1. The van der Waals surface area contributed by atoms with Gasteiger partial charge in [0.05, 0.1) is 23.8 Å². The molecular weight excluding hydrogens is 401 g/mol. The highest BCUT2D eigenvalue weighted by Crippen LogP contribution is 2.29. The van der Waals surface area contributed by atoms with E-state index in [1.807, 2.05) is 0 Å². The lowest BCUT2D eigenvalue weighted by Gasteiger charge is -2.35. The topological polar surface area (TPSA) is 104 Å². The smallest absolute Gasteiger partial charge is 0.254 e. The van der Waals surface area contributed by atoms with Gasteiger partial charge in [0.2, 0.25) is 11.8 Å². The summed E-state index contributed by atoms with van der Waals surface area (Å²) in [5.74, 6) is -0.603. The third-order valence-electron chi connectivity index (χ3n) is 5.22. The molecule has 1 aliphatic heterocycles. The number of hydrogen-bond donors (Lipinski definition) is 2. The number of amides is 3. The third-order valence-corrected chi connectivity index (χ3v) is 5.22. The van der Waals surface area contributed by atoms with E-state index >= 15 is 0 Å². The third kappa shape index (κ3) is 5.84. The van der Waals surface area contributed by atoms with Crippen molar-refractivity contribution in [2.24, 2.45) is 0 Å².